The molecule has 0 fully saturated rings. The third-order valence-electron chi connectivity index (χ3n) is 3.09. The molecule has 0 aliphatic rings. The van der Waals surface area contributed by atoms with Gasteiger partial charge in [0.2, 0.25) is 5.91 Å². The molecule has 1 rings (SSSR count). The van der Waals surface area contributed by atoms with Crippen molar-refractivity contribution in [3.63, 3.8) is 0 Å². The van der Waals surface area contributed by atoms with E-state index in [1.165, 1.54) is 11.1 Å². The number of hydrogen-bond acceptors (Lipinski definition) is 2. The van der Waals surface area contributed by atoms with Gasteiger partial charge in [-0.15, -0.1) is 0 Å². The van der Waals surface area contributed by atoms with Gasteiger partial charge in [0.05, 0.1) is 6.42 Å². The lowest BCUT2D eigenvalue weighted by atomic mass is 10.0. The first-order chi connectivity index (χ1) is 9.61. The summed E-state index contributed by atoms with van der Waals surface area (Å²) in [5.74, 6) is -0.966. The molecule has 0 heterocycles. The number of amides is 1. The first kappa shape index (κ1) is 16.2. The maximum Gasteiger partial charge on any atom is 0.305 e. The second-order valence-electron chi connectivity index (χ2n) is 4.91. The molecule has 0 unspecified atom stereocenters. The summed E-state index contributed by atoms with van der Waals surface area (Å²) in [5.41, 5.74) is 2.59. The lowest BCUT2D eigenvalue weighted by Crippen LogP contribution is -2.25. The molecule has 0 aromatic heterocycles. The van der Waals surface area contributed by atoms with Crippen molar-refractivity contribution in [2.24, 2.45) is 0 Å². The van der Waals surface area contributed by atoms with Crippen molar-refractivity contribution in [1.82, 2.24) is 5.32 Å². The molecule has 1 aromatic rings. The summed E-state index contributed by atoms with van der Waals surface area (Å²) in [6.07, 6.45) is 4.33. The van der Waals surface area contributed by atoms with Crippen LogP contribution in [0.5, 0.6) is 0 Å². The fourth-order valence-electron chi connectivity index (χ4n) is 2.01. The Balaban J connectivity index is 2.19. The maximum atomic E-state index is 11.5. The summed E-state index contributed by atoms with van der Waals surface area (Å²) < 4.78 is 0. The van der Waals surface area contributed by atoms with Crippen LogP contribution >= 0.6 is 0 Å². The Morgan fingerprint density at radius 1 is 1.05 bits per heavy atom. The minimum atomic E-state index is -0.891. The topological polar surface area (TPSA) is 66.4 Å². The first-order valence-corrected chi connectivity index (χ1v) is 7.18. The minimum Gasteiger partial charge on any atom is -0.481 e. The van der Waals surface area contributed by atoms with Crippen LogP contribution in [0.15, 0.2) is 24.3 Å². The molecule has 4 heteroatoms. The SMILES string of the molecule is CCCc1ccc(CCCC(=O)NCCC(=O)O)cc1. The van der Waals surface area contributed by atoms with Gasteiger partial charge in [0.15, 0.2) is 0 Å². The summed E-state index contributed by atoms with van der Waals surface area (Å²) in [7, 11) is 0. The monoisotopic (exact) mass is 277 g/mol. The zero-order valence-electron chi connectivity index (χ0n) is 12.0. The first-order valence-electron chi connectivity index (χ1n) is 7.18. The normalized spacial score (nSPS) is 10.2. The Bertz CT molecular complexity index is 426. The average Bonchev–Trinajstić information content (AvgIpc) is 2.40. The smallest absolute Gasteiger partial charge is 0.305 e. The number of carbonyl (C=O) groups is 2. The van der Waals surface area contributed by atoms with E-state index in [1.807, 2.05) is 0 Å². The van der Waals surface area contributed by atoms with Gasteiger partial charge in [-0.1, -0.05) is 37.6 Å². The van der Waals surface area contributed by atoms with Crippen LogP contribution in [-0.2, 0) is 22.4 Å². The van der Waals surface area contributed by atoms with Gasteiger partial charge in [-0.3, -0.25) is 9.59 Å². The third kappa shape index (κ3) is 6.92. The fourth-order valence-corrected chi connectivity index (χ4v) is 2.01. The molecule has 110 valence electrons. The molecule has 4 nitrogen and oxygen atoms in total. The summed E-state index contributed by atoms with van der Waals surface area (Å²) in [4.78, 5) is 21.8. The fraction of sp³-hybridized carbons (Fsp3) is 0.500. The highest BCUT2D eigenvalue weighted by Gasteiger charge is 2.03. The Morgan fingerprint density at radius 3 is 2.20 bits per heavy atom. The molecular formula is C16H23NO3. The molecule has 0 saturated heterocycles. The van der Waals surface area contributed by atoms with E-state index in [2.05, 4.69) is 36.5 Å². The van der Waals surface area contributed by atoms with E-state index in [1.54, 1.807) is 0 Å². The van der Waals surface area contributed by atoms with Crippen molar-refractivity contribution in [3.8, 4) is 0 Å². The van der Waals surface area contributed by atoms with Crippen LogP contribution in [0.1, 0.15) is 43.7 Å². The van der Waals surface area contributed by atoms with Gasteiger partial charge < -0.3 is 10.4 Å². The van der Waals surface area contributed by atoms with Crippen LogP contribution in [0.4, 0.5) is 0 Å². The Kier molecular flexibility index (Phi) is 7.40. The molecule has 0 spiro atoms. The van der Waals surface area contributed by atoms with Gasteiger partial charge in [0.1, 0.15) is 0 Å². The molecule has 0 bridgehead atoms. The second-order valence-corrected chi connectivity index (χ2v) is 4.91. The Labute approximate surface area is 120 Å². The van der Waals surface area contributed by atoms with Crippen LogP contribution in [-0.4, -0.2) is 23.5 Å². The largest absolute Gasteiger partial charge is 0.481 e. The molecule has 0 aliphatic heterocycles. The number of carboxylic acid groups (broad SMARTS) is 1. The number of carbonyl (C=O) groups excluding carboxylic acids is 1. The zero-order valence-corrected chi connectivity index (χ0v) is 12.0. The van der Waals surface area contributed by atoms with Crippen molar-refractivity contribution >= 4 is 11.9 Å². The number of aryl methyl sites for hydroxylation is 2. The van der Waals surface area contributed by atoms with Crippen LogP contribution in [0.2, 0.25) is 0 Å². The van der Waals surface area contributed by atoms with Crippen LogP contribution < -0.4 is 5.32 Å². The standard InChI is InChI=1S/C16H23NO3/c1-2-4-13-7-9-14(10-8-13)5-3-6-15(18)17-12-11-16(19)20/h7-10H,2-6,11-12H2,1H3,(H,17,18)(H,19,20). The maximum absolute atomic E-state index is 11.5. The summed E-state index contributed by atoms with van der Waals surface area (Å²) in [6.45, 7) is 2.37. The summed E-state index contributed by atoms with van der Waals surface area (Å²) >= 11 is 0. The van der Waals surface area contributed by atoms with Gasteiger partial charge in [-0.25, -0.2) is 0 Å². The van der Waals surface area contributed by atoms with E-state index < -0.39 is 5.97 Å². The Morgan fingerprint density at radius 2 is 1.65 bits per heavy atom. The van der Waals surface area contributed by atoms with E-state index in [4.69, 9.17) is 5.11 Å². The van der Waals surface area contributed by atoms with E-state index in [9.17, 15) is 9.59 Å². The number of rotatable bonds is 9. The van der Waals surface area contributed by atoms with E-state index in [0.717, 1.165) is 25.7 Å². The summed E-state index contributed by atoms with van der Waals surface area (Å²) in [6, 6.07) is 8.53. The third-order valence-corrected chi connectivity index (χ3v) is 3.09. The second kappa shape index (κ2) is 9.13. The highest BCUT2D eigenvalue weighted by atomic mass is 16.4. The molecule has 0 atom stereocenters. The zero-order chi connectivity index (χ0) is 14.8. The highest BCUT2D eigenvalue weighted by molar-refractivity contribution is 5.76. The van der Waals surface area contributed by atoms with Gasteiger partial charge in [0, 0.05) is 13.0 Å². The number of benzene rings is 1. The van der Waals surface area contributed by atoms with Crippen molar-refractivity contribution < 1.29 is 14.7 Å². The van der Waals surface area contributed by atoms with E-state index in [-0.39, 0.29) is 18.9 Å². The lowest BCUT2D eigenvalue weighted by molar-refractivity contribution is -0.136. The summed E-state index contributed by atoms with van der Waals surface area (Å²) in [5, 5.41) is 11.1. The van der Waals surface area contributed by atoms with Crippen LogP contribution in [0, 0.1) is 0 Å². The molecule has 1 aromatic carbocycles. The van der Waals surface area contributed by atoms with Crippen molar-refractivity contribution in [2.75, 3.05) is 6.54 Å². The molecule has 1 amide bonds. The van der Waals surface area contributed by atoms with Crippen molar-refractivity contribution in [3.05, 3.63) is 35.4 Å². The van der Waals surface area contributed by atoms with Gasteiger partial charge in [-0.2, -0.15) is 0 Å². The van der Waals surface area contributed by atoms with Gasteiger partial charge >= 0.3 is 5.97 Å². The van der Waals surface area contributed by atoms with Crippen molar-refractivity contribution in [1.29, 1.82) is 0 Å². The molecular weight excluding hydrogens is 254 g/mol. The lowest BCUT2D eigenvalue weighted by Gasteiger charge is -2.05. The average molecular weight is 277 g/mol. The predicted octanol–water partition coefficient (Wildman–Crippen LogP) is 2.55. The van der Waals surface area contributed by atoms with Gasteiger partial charge in [0.25, 0.3) is 0 Å². The number of hydrogen-bond donors (Lipinski definition) is 2. The van der Waals surface area contributed by atoms with Gasteiger partial charge in [-0.05, 0) is 30.4 Å². The highest BCUT2D eigenvalue weighted by Crippen LogP contribution is 2.09. The number of carboxylic acids is 1. The molecule has 20 heavy (non-hydrogen) atoms. The number of nitrogens with one attached hydrogen (secondary N) is 1. The van der Waals surface area contributed by atoms with Crippen LogP contribution in [0.3, 0.4) is 0 Å². The van der Waals surface area contributed by atoms with E-state index >= 15 is 0 Å². The Hall–Kier alpha value is -1.84. The quantitative estimate of drug-likeness (QED) is 0.729. The molecule has 0 saturated carbocycles. The minimum absolute atomic E-state index is 0.0232. The molecule has 0 radical (unpaired) electrons. The molecule has 2 N–H and O–H groups in total. The molecule has 0 aliphatic carbocycles. The van der Waals surface area contributed by atoms with E-state index in [0.29, 0.717) is 6.42 Å². The van der Waals surface area contributed by atoms with Crippen LogP contribution in [0.25, 0.3) is 0 Å². The predicted molar refractivity (Wildman–Crippen MR) is 78.6 cm³/mol. The van der Waals surface area contributed by atoms with Crippen molar-refractivity contribution in [2.45, 2.75) is 45.4 Å². The number of aliphatic carboxylic acids is 1.